The van der Waals surface area contributed by atoms with E-state index in [1.807, 2.05) is 0 Å². The minimum Gasteiger partial charge on any atom is -0.452 e. The van der Waals surface area contributed by atoms with Crippen molar-refractivity contribution in [2.75, 3.05) is 19.5 Å². The van der Waals surface area contributed by atoms with E-state index in [9.17, 15) is 9.59 Å². The maximum atomic E-state index is 11.4. The molecule has 0 heterocycles. The summed E-state index contributed by atoms with van der Waals surface area (Å²) in [4.78, 5) is 22.4. The molecule has 0 aliphatic carbocycles. The molecule has 1 aromatic carbocycles. The molecule has 0 fully saturated rings. The Balaban J connectivity index is 2.50. The lowest BCUT2D eigenvalue weighted by Gasteiger charge is -2.16. The number of nitrogens with zero attached hydrogens (tertiary/aromatic N) is 1. The minimum atomic E-state index is -0.670. The Kier molecular flexibility index (Phi) is 4.59. The summed E-state index contributed by atoms with van der Waals surface area (Å²) in [6.07, 6.45) is -0.670. The lowest BCUT2D eigenvalue weighted by Crippen LogP contribution is -2.45. The van der Waals surface area contributed by atoms with E-state index < -0.39 is 12.1 Å². The number of amides is 3. The van der Waals surface area contributed by atoms with Gasteiger partial charge in [-0.1, -0.05) is 11.6 Å². The number of methoxy groups -OCH3 is 1. The molecule has 3 amide bonds. The van der Waals surface area contributed by atoms with Gasteiger partial charge in [0.2, 0.25) is 0 Å². The predicted octanol–water partition coefficient (Wildman–Crippen LogP) is 2.07. The van der Waals surface area contributed by atoms with Gasteiger partial charge < -0.3 is 10.1 Å². The summed E-state index contributed by atoms with van der Waals surface area (Å²) in [6.45, 7) is 0. The van der Waals surface area contributed by atoms with Crippen LogP contribution in [0, 0.1) is 0 Å². The molecule has 2 N–H and O–H groups in total. The highest BCUT2D eigenvalue weighted by Gasteiger charge is 2.11. The molecule has 7 heteroatoms. The first kappa shape index (κ1) is 13.1. The molecular weight excluding hydrogens is 246 g/mol. The molecule has 0 radical (unpaired) electrons. The fraction of sp³-hybridized carbons (Fsp3) is 0.200. The molecule has 17 heavy (non-hydrogen) atoms. The van der Waals surface area contributed by atoms with Crippen LogP contribution in [-0.4, -0.2) is 31.3 Å². The van der Waals surface area contributed by atoms with Crippen molar-refractivity contribution in [3.63, 3.8) is 0 Å². The van der Waals surface area contributed by atoms with Crippen molar-refractivity contribution in [1.82, 2.24) is 10.4 Å². The molecule has 92 valence electrons. The lowest BCUT2D eigenvalue weighted by molar-refractivity contribution is 0.119. The number of anilines is 1. The molecule has 1 aromatic rings. The van der Waals surface area contributed by atoms with E-state index in [1.165, 1.54) is 14.2 Å². The largest absolute Gasteiger partial charge is 0.452 e. The molecule has 0 aliphatic heterocycles. The van der Waals surface area contributed by atoms with Gasteiger partial charge in [0.05, 0.1) is 7.11 Å². The minimum absolute atomic E-state index is 0.555. The first-order chi connectivity index (χ1) is 8.02. The van der Waals surface area contributed by atoms with E-state index in [2.05, 4.69) is 15.5 Å². The lowest BCUT2D eigenvalue weighted by atomic mass is 10.3. The van der Waals surface area contributed by atoms with Crippen molar-refractivity contribution < 1.29 is 14.3 Å². The molecule has 1 rings (SSSR count). The zero-order valence-electron chi connectivity index (χ0n) is 9.36. The Hall–Kier alpha value is -1.95. The summed E-state index contributed by atoms with van der Waals surface area (Å²) >= 11 is 5.70. The molecule has 0 bridgehead atoms. The number of hydrogen-bond acceptors (Lipinski definition) is 3. The molecule has 0 aromatic heterocycles. The van der Waals surface area contributed by atoms with Crippen molar-refractivity contribution in [2.45, 2.75) is 0 Å². The van der Waals surface area contributed by atoms with E-state index in [1.54, 1.807) is 24.3 Å². The van der Waals surface area contributed by atoms with Gasteiger partial charge in [0.25, 0.3) is 0 Å². The van der Waals surface area contributed by atoms with Crippen molar-refractivity contribution in [3.05, 3.63) is 29.3 Å². The molecule has 0 unspecified atom stereocenters. The Morgan fingerprint density at radius 3 is 2.41 bits per heavy atom. The first-order valence-electron chi connectivity index (χ1n) is 4.68. The maximum Gasteiger partial charge on any atom is 0.428 e. The van der Waals surface area contributed by atoms with Gasteiger partial charge in [-0.25, -0.2) is 20.0 Å². The number of halogens is 1. The van der Waals surface area contributed by atoms with Gasteiger partial charge in [0.1, 0.15) is 0 Å². The van der Waals surface area contributed by atoms with Gasteiger partial charge in [-0.2, -0.15) is 0 Å². The SMILES string of the molecule is COC(=O)N(C)NC(=O)Nc1ccc(Cl)cc1. The van der Waals surface area contributed by atoms with Crippen LogP contribution in [0.25, 0.3) is 0 Å². The number of urea groups is 1. The molecule has 6 nitrogen and oxygen atoms in total. The first-order valence-corrected chi connectivity index (χ1v) is 5.05. The van der Waals surface area contributed by atoms with E-state index in [4.69, 9.17) is 11.6 Å². The summed E-state index contributed by atoms with van der Waals surface area (Å²) in [5.41, 5.74) is 2.83. The number of benzene rings is 1. The topological polar surface area (TPSA) is 70.7 Å². The quantitative estimate of drug-likeness (QED) is 0.757. The van der Waals surface area contributed by atoms with Crippen molar-refractivity contribution >= 4 is 29.4 Å². The van der Waals surface area contributed by atoms with Crippen LogP contribution in [0.4, 0.5) is 15.3 Å². The van der Waals surface area contributed by atoms with Gasteiger partial charge >= 0.3 is 12.1 Å². The van der Waals surface area contributed by atoms with E-state index in [-0.39, 0.29) is 0 Å². The average Bonchev–Trinajstić information content (AvgIpc) is 2.30. The highest BCUT2D eigenvalue weighted by Crippen LogP contribution is 2.12. The van der Waals surface area contributed by atoms with Crippen molar-refractivity contribution in [1.29, 1.82) is 0 Å². The number of hydrogen-bond donors (Lipinski definition) is 2. The van der Waals surface area contributed by atoms with Crippen LogP contribution in [0.1, 0.15) is 0 Å². The van der Waals surface area contributed by atoms with E-state index in [0.29, 0.717) is 10.7 Å². The Bertz CT molecular complexity index is 408. The Morgan fingerprint density at radius 1 is 1.29 bits per heavy atom. The Labute approximate surface area is 103 Å². The van der Waals surface area contributed by atoms with Gasteiger partial charge in [-0.15, -0.1) is 0 Å². The van der Waals surface area contributed by atoms with Crippen LogP contribution in [0.3, 0.4) is 0 Å². The summed E-state index contributed by atoms with van der Waals surface area (Å²) in [7, 11) is 2.59. The number of carbonyl (C=O) groups is 2. The normalized spacial score (nSPS) is 9.35. The van der Waals surface area contributed by atoms with Crippen LogP contribution in [0.15, 0.2) is 24.3 Å². The van der Waals surface area contributed by atoms with Crippen LogP contribution in [0.2, 0.25) is 5.02 Å². The third kappa shape index (κ3) is 4.20. The van der Waals surface area contributed by atoms with E-state index >= 15 is 0 Å². The molecule has 0 spiro atoms. The molecule has 0 saturated carbocycles. The average molecular weight is 258 g/mol. The molecule has 0 aliphatic rings. The van der Waals surface area contributed by atoms with Crippen molar-refractivity contribution in [3.8, 4) is 0 Å². The highest BCUT2D eigenvalue weighted by atomic mass is 35.5. The van der Waals surface area contributed by atoms with Crippen LogP contribution in [-0.2, 0) is 4.74 Å². The maximum absolute atomic E-state index is 11.4. The van der Waals surface area contributed by atoms with Crippen molar-refractivity contribution in [2.24, 2.45) is 0 Å². The highest BCUT2D eigenvalue weighted by molar-refractivity contribution is 6.30. The zero-order valence-corrected chi connectivity index (χ0v) is 10.1. The summed E-state index contributed by atoms with van der Waals surface area (Å²) in [5.74, 6) is 0. The van der Waals surface area contributed by atoms with Gasteiger partial charge in [-0.3, -0.25) is 0 Å². The Morgan fingerprint density at radius 2 is 1.88 bits per heavy atom. The molecular formula is C10H12ClN3O3. The number of rotatable bonds is 1. The standard InChI is InChI=1S/C10H12ClN3O3/c1-14(10(16)17-2)13-9(15)12-8-5-3-7(11)4-6-8/h3-6H,1-2H3,(H2,12,13,15). The van der Waals surface area contributed by atoms with E-state index in [0.717, 1.165) is 5.01 Å². The summed E-state index contributed by atoms with van der Waals surface area (Å²) < 4.78 is 4.41. The second kappa shape index (κ2) is 5.95. The number of carbonyl (C=O) groups excluding carboxylic acids is 2. The zero-order chi connectivity index (χ0) is 12.8. The summed E-state index contributed by atoms with van der Waals surface area (Å²) in [6, 6.07) is 6.00. The number of ether oxygens (including phenoxy) is 1. The molecule has 0 atom stereocenters. The molecule has 0 saturated heterocycles. The fourth-order valence-corrected chi connectivity index (χ4v) is 1.15. The smallest absolute Gasteiger partial charge is 0.428 e. The fourth-order valence-electron chi connectivity index (χ4n) is 1.03. The monoisotopic (exact) mass is 257 g/mol. The number of nitrogens with one attached hydrogen (secondary N) is 2. The van der Waals surface area contributed by atoms with Gasteiger partial charge in [0.15, 0.2) is 0 Å². The third-order valence-electron chi connectivity index (χ3n) is 1.82. The third-order valence-corrected chi connectivity index (χ3v) is 2.07. The predicted molar refractivity (Wildman–Crippen MR) is 63.8 cm³/mol. The number of hydrazine groups is 1. The van der Waals surface area contributed by atoms with Crippen LogP contribution >= 0.6 is 11.6 Å². The van der Waals surface area contributed by atoms with Crippen LogP contribution < -0.4 is 10.7 Å². The van der Waals surface area contributed by atoms with Crippen LogP contribution in [0.5, 0.6) is 0 Å². The van der Waals surface area contributed by atoms with Gasteiger partial charge in [-0.05, 0) is 24.3 Å². The second-order valence-corrected chi connectivity index (χ2v) is 3.54. The summed E-state index contributed by atoms with van der Waals surface area (Å²) in [5, 5.41) is 4.01. The van der Waals surface area contributed by atoms with Gasteiger partial charge in [0, 0.05) is 17.8 Å². The second-order valence-electron chi connectivity index (χ2n) is 3.10.